The number of aryl methyl sites for hydroxylation is 1. The summed E-state index contributed by atoms with van der Waals surface area (Å²) in [6.45, 7) is 3.40. The summed E-state index contributed by atoms with van der Waals surface area (Å²) in [5.41, 5.74) is 1.01. The Hall–Kier alpha value is -0.470. The maximum Gasteiger partial charge on any atom is 0.250 e. The number of nitrogens with one attached hydrogen (secondary N) is 2. The van der Waals surface area contributed by atoms with Crippen LogP contribution in [0, 0.1) is 6.92 Å². The molecule has 1 aliphatic rings. The molecule has 0 radical (unpaired) electrons. The van der Waals surface area contributed by atoms with Crippen LogP contribution in [0.3, 0.4) is 0 Å². The van der Waals surface area contributed by atoms with Gasteiger partial charge in [0.25, 0.3) is 0 Å². The van der Waals surface area contributed by atoms with E-state index >= 15 is 0 Å². The highest BCUT2D eigenvalue weighted by molar-refractivity contribution is 7.91. The number of hydrogen-bond donors (Lipinski definition) is 2. The summed E-state index contributed by atoms with van der Waals surface area (Å²) >= 11 is 1.32. The lowest BCUT2D eigenvalue weighted by atomic mass is 10.3. The van der Waals surface area contributed by atoms with Gasteiger partial charge < -0.3 is 10.1 Å². The Balaban J connectivity index is 1.84. The van der Waals surface area contributed by atoms with E-state index in [1.165, 1.54) is 24.2 Å². The van der Waals surface area contributed by atoms with Crippen LogP contribution in [0.15, 0.2) is 10.3 Å². The van der Waals surface area contributed by atoms with Crippen molar-refractivity contribution >= 4 is 21.4 Å². The van der Waals surface area contributed by atoms with Gasteiger partial charge in [0.1, 0.15) is 4.21 Å². The molecule has 21 heavy (non-hydrogen) atoms. The van der Waals surface area contributed by atoms with Crippen molar-refractivity contribution in [2.45, 2.75) is 49.5 Å². The van der Waals surface area contributed by atoms with Crippen LogP contribution in [-0.2, 0) is 21.3 Å². The Morgan fingerprint density at radius 2 is 2.10 bits per heavy atom. The molecule has 0 bridgehead atoms. The Morgan fingerprint density at radius 3 is 2.76 bits per heavy atom. The van der Waals surface area contributed by atoms with Crippen LogP contribution in [0.5, 0.6) is 0 Å². The number of rotatable bonds is 8. The molecule has 0 amide bonds. The van der Waals surface area contributed by atoms with Crippen LogP contribution in [0.2, 0.25) is 0 Å². The van der Waals surface area contributed by atoms with Crippen molar-refractivity contribution in [1.29, 1.82) is 0 Å². The van der Waals surface area contributed by atoms with E-state index in [1.807, 2.05) is 14.0 Å². The van der Waals surface area contributed by atoms with Crippen LogP contribution in [0.25, 0.3) is 0 Å². The summed E-state index contributed by atoms with van der Waals surface area (Å²) in [4.78, 5) is 1.06. The van der Waals surface area contributed by atoms with Gasteiger partial charge in [-0.3, -0.25) is 0 Å². The first-order valence-electron chi connectivity index (χ1n) is 7.38. The third-order valence-electron chi connectivity index (χ3n) is 3.65. The number of sulfonamides is 1. The minimum atomic E-state index is -3.42. The van der Waals surface area contributed by atoms with Crippen molar-refractivity contribution in [3.05, 3.63) is 16.5 Å². The van der Waals surface area contributed by atoms with E-state index in [4.69, 9.17) is 4.74 Å². The Morgan fingerprint density at radius 1 is 1.38 bits per heavy atom. The fourth-order valence-corrected chi connectivity index (χ4v) is 5.14. The van der Waals surface area contributed by atoms with Gasteiger partial charge in [0.05, 0.1) is 12.7 Å². The molecule has 1 saturated carbocycles. The standard InChI is InChI=1S/C14H24N2O3S2/c1-11-9-14(20-13(11)10-15-2)21(17,18)16-7-8-19-12-5-3-4-6-12/h9,12,15-16H,3-8,10H2,1-2H3. The first-order valence-corrected chi connectivity index (χ1v) is 9.68. The predicted molar refractivity (Wildman–Crippen MR) is 85.2 cm³/mol. The van der Waals surface area contributed by atoms with Crippen molar-refractivity contribution in [2.75, 3.05) is 20.2 Å². The first kappa shape index (κ1) is 16.9. The van der Waals surface area contributed by atoms with Crippen molar-refractivity contribution < 1.29 is 13.2 Å². The molecule has 0 spiro atoms. The topological polar surface area (TPSA) is 67.4 Å². The molecule has 1 aromatic heterocycles. The summed E-state index contributed by atoms with van der Waals surface area (Å²) < 4.78 is 33.1. The third kappa shape index (κ3) is 4.75. The number of thiophene rings is 1. The highest BCUT2D eigenvalue weighted by atomic mass is 32.2. The molecule has 2 N–H and O–H groups in total. The molecule has 0 atom stereocenters. The molecule has 120 valence electrons. The maximum atomic E-state index is 12.2. The van der Waals surface area contributed by atoms with E-state index in [0.717, 1.165) is 23.3 Å². The monoisotopic (exact) mass is 332 g/mol. The smallest absolute Gasteiger partial charge is 0.250 e. The lowest BCUT2D eigenvalue weighted by Crippen LogP contribution is -2.28. The Bertz CT molecular complexity index is 549. The second-order valence-electron chi connectivity index (χ2n) is 5.38. The summed E-state index contributed by atoms with van der Waals surface area (Å²) in [6.07, 6.45) is 4.97. The molecular formula is C14H24N2O3S2. The maximum absolute atomic E-state index is 12.2. The van der Waals surface area contributed by atoms with Crippen molar-refractivity contribution in [1.82, 2.24) is 10.0 Å². The molecule has 0 unspecified atom stereocenters. The van der Waals surface area contributed by atoms with E-state index in [1.54, 1.807) is 6.07 Å². The summed E-state index contributed by atoms with van der Waals surface area (Å²) in [7, 11) is -1.56. The molecule has 7 heteroatoms. The lowest BCUT2D eigenvalue weighted by molar-refractivity contribution is 0.0626. The van der Waals surface area contributed by atoms with E-state index in [0.29, 0.717) is 30.0 Å². The van der Waals surface area contributed by atoms with E-state index in [-0.39, 0.29) is 0 Å². The third-order valence-corrected chi connectivity index (χ3v) is 6.82. The highest BCUT2D eigenvalue weighted by Gasteiger charge is 2.19. The second kappa shape index (κ2) is 7.69. The van der Waals surface area contributed by atoms with Gasteiger partial charge in [-0.25, -0.2) is 13.1 Å². The van der Waals surface area contributed by atoms with Gasteiger partial charge in [-0.15, -0.1) is 11.3 Å². The summed E-state index contributed by atoms with van der Waals surface area (Å²) in [5, 5.41) is 3.05. The van der Waals surface area contributed by atoms with Crippen LogP contribution in [0.4, 0.5) is 0 Å². The van der Waals surface area contributed by atoms with Gasteiger partial charge in [0, 0.05) is 18.0 Å². The lowest BCUT2D eigenvalue weighted by Gasteiger charge is -2.11. The molecule has 1 fully saturated rings. The molecule has 0 aromatic carbocycles. The molecule has 1 aliphatic carbocycles. The van der Waals surface area contributed by atoms with Gasteiger partial charge >= 0.3 is 0 Å². The normalized spacial score (nSPS) is 16.7. The zero-order chi connectivity index (χ0) is 15.3. The largest absolute Gasteiger partial charge is 0.377 e. The fraction of sp³-hybridized carbons (Fsp3) is 0.714. The average Bonchev–Trinajstić information content (AvgIpc) is 3.06. The van der Waals surface area contributed by atoms with Crippen molar-refractivity contribution in [2.24, 2.45) is 0 Å². The molecule has 1 heterocycles. The average molecular weight is 332 g/mol. The van der Waals surface area contributed by atoms with Crippen LogP contribution < -0.4 is 10.0 Å². The van der Waals surface area contributed by atoms with Crippen molar-refractivity contribution in [3.8, 4) is 0 Å². The molecule has 5 nitrogen and oxygen atoms in total. The number of ether oxygens (including phenoxy) is 1. The Labute approximate surface area is 131 Å². The van der Waals surface area contributed by atoms with E-state index < -0.39 is 10.0 Å². The van der Waals surface area contributed by atoms with Crippen molar-refractivity contribution in [3.63, 3.8) is 0 Å². The molecular weight excluding hydrogens is 308 g/mol. The quantitative estimate of drug-likeness (QED) is 0.715. The first-order chi connectivity index (χ1) is 10.0. The van der Waals surface area contributed by atoms with Gasteiger partial charge in [-0.1, -0.05) is 12.8 Å². The van der Waals surface area contributed by atoms with Crippen LogP contribution in [-0.4, -0.2) is 34.7 Å². The summed E-state index contributed by atoms with van der Waals surface area (Å²) in [6, 6.07) is 1.73. The Kier molecular flexibility index (Phi) is 6.19. The van der Waals surface area contributed by atoms with Gasteiger partial charge in [0.2, 0.25) is 10.0 Å². The van der Waals surface area contributed by atoms with Gasteiger partial charge in [-0.2, -0.15) is 0 Å². The minimum Gasteiger partial charge on any atom is -0.377 e. The van der Waals surface area contributed by atoms with E-state index in [2.05, 4.69) is 10.0 Å². The SMILES string of the molecule is CNCc1sc(S(=O)(=O)NCCOC2CCCC2)cc1C. The zero-order valence-corrected chi connectivity index (χ0v) is 14.3. The van der Waals surface area contributed by atoms with Crippen LogP contribution >= 0.6 is 11.3 Å². The van der Waals surface area contributed by atoms with Crippen LogP contribution in [0.1, 0.15) is 36.1 Å². The zero-order valence-electron chi connectivity index (χ0n) is 12.6. The predicted octanol–water partition coefficient (Wildman–Crippen LogP) is 2.01. The fourth-order valence-electron chi connectivity index (χ4n) is 2.48. The molecule has 0 aliphatic heterocycles. The molecule has 2 rings (SSSR count). The molecule has 0 saturated heterocycles. The molecule has 1 aromatic rings. The highest BCUT2D eigenvalue weighted by Crippen LogP contribution is 2.25. The van der Waals surface area contributed by atoms with E-state index in [9.17, 15) is 8.42 Å². The van der Waals surface area contributed by atoms with Gasteiger partial charge in [0.15, 0.2) is 0 Å². The minimum absolute atomic E-state index is 0.320. The van der Waals surface area contributed by atoms with Gasteiger partial charge in [-0.05, 0) is 38.4 Å². The number of hydrogen-bond acceptors (Lipinski definition) is 5. The second-order valence-corrected chi connectivity index (χ2v) is 8.51. The summed E-state index contributed by atoms with van der Waals surface area (Å²) in [5.74, 6) is 0.